The molecule has 0 aliphatic rings. The molecule has 1 heterocycles. The number of rotatable bonds is 7. The molecule has 2 atom stereocenters. The van der Waals surface area contributed by atoms with Crippen molar-refractivity contribution in [3.05, 3.63) is 17.0 Å². The van der Waals surface area contributed by atoms with Gasteiger partial charge in [-0.15, -0.1) is 0 Å². The zero-order chi connectivity index (χ0) is 14.4. The quantitative estimate of drug-likeness (QED) is 0.793. The molecule has 0 aliphatic carbocycles. The molecule has 0 aromatic carbocycles. The molecule has 1 rings (SSSR count). The van der Waals surface area contributed by atoms with Crippen molar-refractivity contribution in [1.82, 2.24) is 10.5 Å². The lowest BCUT2D eigenvalue weighted by atomic mass is 9.96. The predicted molar refractivity (Wildman–Crippen MR) is 72.9 cm³/mol. The van der Waals surface area contributed by atoms with Crippen molar-refractivity contribution in [2.75, 3.05) is 6.54 Å². The maximum atomic E-state index is 11.8. The van der Waals surface area contributed by atoms with Crippen LogP contribution in [-0.4, -0.2) is 28.8 Å². The maximum Gasteiger partial charge on any atom is 0.220 e. The van der Waals surface area contributed by atoms with E-state index >= 15 is 0 Å². The Kier molecular flexibility index (Phi) is 6.02. The van der Waals surface area contributed by atoms with Crippen molar-refractivity contribution >= 4 is 5.91 Å². The van der Waals surface area contributed by atoms with Crippen LogP contribution in [0.25, 0.3) is 0 Å². The number of carbonyl (C=O) groups excluding carboxylic acids is 1. The molecule has 1 aromatic heterocycles. The molecule has 1 amide bonds. The molecule has 19 heavy (non-hydrogen) atoms. The molecule has 0 saturated heterocycles. The molecule has 2 unspecified atom stereocenters. The van der Waals surface area contributed by atoms with Gasteiger partial charge in [-0.3, -0.25) is 4.79 Å². The molecule has 2 N–H and O–H groups in total. The lowest BCUT2D eigenvalue weighted by Gasteiger charge is -2.12. The van der Waals surface area contributed by atoms with E-state index in [1.54, 1.807) is 0 Å². The third kappa shape index (κ3) is 4.67. The van der Waals surface area contributed by atoms with Gasteiger partial charge in [0.25, 0.3) is 0 Å². The SMILES string of the molecule is CCC(O)CCNC(=O)CC(C)c1c(C)noc1C. The lowest BCUT2D eigenvalue weighted by molar-refractivity contribution is -0.121. The van der Waals surface area contributed by atoms with Gasteiger partial charge in [-0.1, -0.05) is 19.0 Å². The summed E-state index contributed by atoms with van der Waals surface area (Å²) in [6.07, 6.45) is 1.39. The van der Waals surface area contributed by atoms with Gasteiger partial charge in [0.2, 0.25) is 5.91 Å². The van der Waals surface area contributed by atoms with Gasteiger partial charge in [0, 0.05) is 18.5 Å². The number of aromatic nitrogens is 1. The smallest absolute Gasteiger partial charge is 0.220 e. The van der Waals surface area contributed by atoms with Gasteiger partial charge in [-0.05, 0) is 32.6 Å². The summed E-state index contributed by atoms with van der Waals surface area (Å²) in [6.45, 7) is 8.18. The van der Waals surface area contributed by atoms with Crippen molar-refractivity contribution in [1.29, 1.82) is 0 Å². The lowest BCUT2D eigenvalue weighted by Crippen LogP contribution is -2.28. The van der Waals surface area contributed by atoms with Crippen LogP contribution in [0.2, 0.25) is 0 Å². The topological polar surface area (TPSA) is 75.4 Å². The first-order valence-electron chi connectivity index (χ1n) is 6.83. The number of hydrogen-bond acceptors (Lipinski definition) is 4. The largest absolute Gasteiger partial charge is 0.393 e. The Hall–Kier alpha value is -1.36. The van der Waals surface area contributed by atoms with E-state index in [9.17, 15) is 9.90 Å². The fourth-order valence-corrected chi connectivity index (χ4v) is 2.23. The molecule has 0 fully saturated rings. The maximum absolute atomic E-state index is 11.8. The Morgan fingerprint density at radius 2 is 2.16 bits per heavy atom. The number of aliphatic hydroxyl groups is 1. The Morgan fingerprint density at radius 3 is 2.68 bits per heavy atom. The van der Waals surface area contributed by atoms with Gasteiger partial charge in [0.05, 0.1) is 11.8 Å². The Labute approximate surface area is 114 Å². The predicted octanol–water partition coefficient (Wildman–Crippen LogP) is 2.06. The van der Waals surface area contributed by atoms with Gasteiger partial charge < -0.3 is 14.9 Å². The van der Waals surface area contributed by atoms with Crippen molar-refractivity contribution in [2.24, 2.45) is 0 Å². The monoisotopic (exact) mass is 268 g/mol. The summed E-state index contributed by atoms with van der Waals surface area (Å²) in [5, 5.41) is 16.1. The summed E-state index contributed by atoms with van der Waals surface area (Å²) in [6, 6.07) is 0. The van der Waals surface area contributed by atoms with E-state index < -0.39 is 0 Å². The van der Waals surface area contributed by atoms with Gasteiger partial charge in [0.15, 0.2) is 0 Å². The zero-order valence-corrected chi connectivity index (χ0v) is 12.2. The van der Waals surface area contributed by atoms with E-state index in [0.717, 1.165) is 17.0 Å². The van der Waals surface area contributed by atoms with Crippen LogP contribution in [0, 0.1) is 13.8 Å². The number of aryl methyl sites for hydroxylation is 2. The molecular formula is C14H24N2O3. The van der Waals surface area contributed by atoms with Crippen molar-refractivity contribution in [3.63, 3.8) is 0 Å². The van der Waals surface area contributed by atoms with Crippen LogP contribution in [0.15, 0.2) is 4.52 Å². The summed E-state index contributed by atoms with van der Waals surface area (Å²) in [7, 11) is 0. The van der Waals surface area contributed by atoms with E-state index in [0.29, 0.717) is 25.8 Å². The highest BCUT2D eigenvalue weighted by atomic mass is 16.5. The number of aliphatic hydroxyl groups excluding tert-OH is 1. The normalized spacial score (nSPS) is 14.2. The summed E-state index contributed by atoms with van der Waals surface area (Å²) in [5.74, 6) is 0.859. The van der Waals surface area contributed by atoms with E-state index in [2.05, 4.69) is 10.5 Å². The van der Waals surface area contributed by atoms with E-state index in [4.69, 9.17) is 4.52 Å². The zero-order valence-electron chi connectivity index (χ0n) is 12.2. The van der Waals surface area contributed by atoms with Crippen LogP contribution < -0.4 is 5.32 Å². The third-order valence-electron chi connectivity index (χ3n) is 3.34. The highest BCUT2D eigenvalue weighted by molar-refractivity contribution is 5.76. The Bertz CT molecular complexity index is 395. The second kappa shape index (κ2) is 7.28. The number of amides is 1. The fraction of sp³-hybridized carbons (Fsp3) is 0.714. The first kappa shape index (κ1) is 15.7. The van der Waals surface area contributed by atoms with Crippen LogP contribution in [0.3, 0.4) is 0 Å². The van der Waals surface area contributed by atoms with Gasteiger partial charge in [-0.2, -0.15) is 0 Å². The van der Waals surface area contributed by atoms with Crippen LogP contribution >= 0.6 is 0 Å². The molecule has 0 saturated carbocycles. The average Bonchev–Trinajstić information content (AvgIpc) is 2.68. The average molecular weight is 268 g/mol. The van der Waals surface area contributed by atoms with Gasteiger partial charge >= 0.3 is 0 Å². The minimum absolute atomic E-state index is 0.00389. The highest BCUT2D eigenvalue weighted by Crippen LogP contribution is 2.25. The van der Waals surface area contributed by atoms with Crippen molar-refractivity contribution in [3.8, 4) is 0 Å². The summed E-state index contributed by atoms with van der Waals surface area (Å²) < 4.78 is 5.11. The van der Waals surface area contributed by atoms with E-state index in [-0.39, 0.29) is 17.9 Å². The van der Waals surface area contributed by atoms with Crippen LogP contribution in [0.4, 0.5) is 0 Å². The van der Waals surface area contributed by atoms with Crippen LogP contribution in [0.5, 0.6) is 0 Å². The highest BCUT2D eigenvalue weighted by Gasteiger charge is 2.19. The van der Waals surface area contributed by atoms with Crippen LogP contribution in [-0.2, 0) is 4.79 Å². The van der Waals surface area contributed by atoms with Crippen LogP contribution in [0.1, 0.15) is 56.0 Å². The number of hydrogen-bond donors (Lipinski definition) is 2. The minimum Gasteiger partial charge on any atom is -0.393 e. The molecule has 0 spiro atoms. The summed E-state index contributed by atoms with van der Waals surface area (Å²) >= 11 is 0. The molecule has 1 aromatic rings. The number of nitrogens with one attached hydrogen (secondary N) is 1. The number of carbonyl (C=O) groups is 1. The molecular weight excluding hydrogens is 244 g/mol. The molecule has 0 aliphatic heterocycles. The second-order valence-electron chi connectivity index (χ2n) is 5.04. The summed E-state index contributed by atoms with van der Waals surface area (Å²) in [4.78, 5) is 11.8. The standard InChI is InChI=1S/C14H24N2O3/c1-5-12(17)6-7-15-13(18)8-9(2)14-10(3)16-19-11(14)4/h9,12,17H,5-8H2,1-4H3,(H,15,18). The fourth-order valence-electron chi connectivity index (χ4n) is 2.23. The number of nitrogens with zero attached hydrogens (tertiary/aromatic N) is 1. The first-order chi connectivity index (χ1) is 8.95. The van der Waals surface area contributed by atoms with Gasteiger partial charge in [-0.25, -0.2) is 0 Å². The van der Waals surface area contributed by atoms with Gasteiger partial charge in [0.1, 0.15) is 5.76 Å². The minimum atomic E-state index is -0.333. The van der Waals surface area contributed by atoms with E-state index in [1.165, 1.54) is 0 Å². The molecule has 5 nitrogen and oxygen atoms in total. The Balaban J connectivity index is 2.40. The Morgan fingerprint density at radius 1 is 1.47 bits per heavy atom. The van der Waals surface area contributed by atoms with E-state index in [1.807, 2.05) is 27.7 Å². The molecule has 108 valence electrons. The third-order valence-corrected chi connectivity index (χ3v) is 3.34. The van der Waals surface area contributed by atoms with Crippen molar-refractivity contribution in [2.45, 2.75) is 59.0 Å². The second-order valence-corrected chi connectivity index (χ2v) is 5.04. The summed E-state index contributed by atoms with van der Waals surface area (Å²) in [5.41, 5.74) is 1.86. The first-order valence-corrected chi connectivity index (χ1v) is 6.83. The molecule has 5 heteroatoms. The molecule has 0 radical (unpaired) electrons. The molecule has 0 bridgehead atoms. The van der Waals surface area contributed by atoms with Crippen molar-refractivity contribution < 1.29 is 14.4 Å².